The fourth-order valence-electron chi connectivity index (χ4n) is 3.16. The molecule has 1 aromatic carbocycles. The molecule has 1 aliphatic rings. The quantitative estimate of drug-likeness (QED) is 0.882. The number of carbonyl (C=O) groups is 1. The Hall–Kier alpha value is -1.78. The van der Waals surface area contributed by atoms with Crippen molar-refractivity contribution in [3.63, 3.8) is 0 Å². The van der Waals surface area contributed by atoms with Gasteiger partial charge in [0, 0.05) is 17.1 Å². The molecule has 0 spiro atoms. The second-order valence-corrected chi connectivity index (χ2v) is 6.71. The highest BCUT2D eigenvalue weighted by molar-refractivity contribution is 6.30. The van der Waals surface area contributed by atoms with Crippen LogP contribution in [0.25, 0.3) is 0 Å². The number of benzene rings is 1. The van der Waals surface area contributed by atoms with E-state index in [9.17, 15) is 4.79 Å². The normalized spacial score (nSPS) is 16.8. The molecular formula is C19H23ClN2O2. The van der Waals surface area contributed by atoms with E-state index in [1.165, 1.54) is 19.3 Å². The number of piperidine rings is 1. The van der Waals surface area contributed by atoms with Crippen LogP contribution in [-0.2, 0) is 0 Å². The van der Waals surface area contributed by atoms with Crippen LogP contribution in [0.3, 0.4) is 0 Å². The van der Waals surface area contributed by atoms with Crippen molar-refractivity contribution in [2.45, 2.75) is 32.2 Å². The fourth-order valence-corrected chi connectivity index (χ4v) is 3.29. The fraction of sp³-hybridized carbons (Fsp3) is 0.421. The van der Waals surface area contributed by atoms with E-state index in [1.54, 1.807) is 24.3 Å². The Balaban J connectivity index is 1.69. The van der Waals surface area contributed by atoms with Crippen molar-refractivity contribution in [1.82, 2.24) is 10.2 Å². The highest BCUT2D eigenvalue weighted by Gasteiger charge is 2.25. The van der Waals surface area contributed by atoms with Crippen molar-refractivity contribution < 1.29 is 9.21 Å². The Morgan fingerprint density at radius 3 is 2.50 bits per heavy atom. The van der Waals surface area contributed by atoms with Crippen molar-refractivity contribution in [3.8, 4) is 0 Å². The molecular weight excluding hydrogens is 324 g/mol. The zero-order chi connectivity index (χ0) is 16.9. The number of rotatable bonds is 5. The minimum atomic E-state index is -0.0862. The summed E-state index contributed by atoms with van der Waals surface area (Å²) < 4.78 is 5.84. The maximum absolute atomic E-state index is 12.4. The second-order valence-electron chi connectivity index (χ2n) is 6.28. The summed E-state index contributed by atoms with van der Waals surface area (Å²) in [5, 5.41) is 3.67. The van der Waals surface area contributed by atoms with Crippen molar-refractivity contribution in [2.24, 2.45) is 0 Å². The lowest BCUT2D eigenvalue weighted by Crippen LogP contribution is -2.40. The highest BCUT2D eigenvalue weighted by atomic mass is 35.5. The van der Waals surface area contributed by atoms with Gasteiger partial charge in [-0.2, -0.15) is 0 Å². The lowest BCUT2D eigenvalue weighted by atomic mass is 10.1. The third-order valence-corrected chi connectivity index (χ3v) is 4.74. The maximum Gasteiger partial charge on any atom is 0.251 e. The predicted octanol–water partition coefficient (Wildman–Crippen LogP) is 4.20. The van der Waals surface area contributed by atoms with Crippen LogP contribution in [0.4, 0.5) is 0 Å². The van der Waals surface area contributed by atoms with Gasteiger partial charge in [-0.05, 0) is 69.3 Å². The Morgan fingerprint density at radius 1 is 1.17 bits per heavy atom. The van der Waals surface area contributed by atoms with Gasteiger partial charge >= 0.3 is 0 Å². The molecule has 5 heteroatoms. The van der Waals surface area contributed by atoms with Crippen LogP contribution in [0, 0.1) is 6.92 Å². The number of halogens is 1. The first-order chi connectivity index (χ1) is 11.6. The number of aryl methyl sites for hydroxylation is 1. The van der Waals surface area contributed by atoms with Crippen LogP contribution in [0.15, 0.2) is 40.8 Å². The minimum absolute atomic E-state index is 0.0789. The average molecular weight is 347 g/mol. The van der Waals surface area contributed by atoms with Crippen molar-refractivity contribution in [2.75, 3.05) is 19.6 Å². The highest BCUT2D eigenvalue weighted by Crippen LogP contribution is 2.25. The van der Waals surface area contributed by atoms with E-state index in [0.717, 1.165) is 24.6 Å². The molecule has 1 atom stereocenters. The van der Waals surface area contributed by atoms with Gasteiger partial charge in [-0.1, -0.05) is 18.0 Å². The van der Waals surface area contributed by atoms with E-state index in [2.05, 4.69) is 10.2 Å². The number of carbonyl (C=O) groups excluding carboxylic acids is 1. The van der Waals surface area contributed by atoms with Crippen LogP contribution in [0.5, 0.6) is 0 Å². The smallest absolute Gasteiger partial charge is 0.251 e. The summed E-state index contributed by atoms with van der Waals surface area (Å²) in [6.45, 7) is 4.57. The van der Waals surface area contributed by atoms with E-state index in [-0.39, 0.29) is 11.9 Å². The number of nitrogens with zero attached hydrogens (tertiary/aromatic N) is 1. The zero-order valence-corrected chi connectivity index (χ0v) is 14.7. The van der Waals surface area contributed by atoms with E-state index >= 15 is 0 Å². The lowest BCUT2D eigenvalue weighted by Gasteiger charge is -2.33. The van der Waals surface area contributed by atoms with Crippen LogP contribution in [0.1, 0.15) is 47.2 Å². The van der Waals surface area contributed by atoms with Gasteiger partial charge in [-0.3, -0.25) is 9.69 Å². The SMILES string of the molecule is Cc1ccc([C@H](CNC(=O)c2ccc(Cl)cc2)N2CCCCC2)o1. The Bertz CT molecular complexity index is 675. The summed E-state index contributed by atoms with van der Waals surface area (Å²) in [5.74, 6) is 1.73. The lowest BCUT2D eigenvalue weighted by molar-refractivity contribution is 0.0913. The monoisotopic (exact) mass is 346 g/mol. The van der Waals surface area contributed by atoms with Gasteiger partial charge < -0.3 is 9.73 Å². The number of furan rings is 1. The summed E-state index contributed by atoms with van der Waals surface area (Å²) in [4.78, 5) is 14.8. The first-order valence-corrected chi connectivity index (χ1v) is 8.85. The van der Waals surface area contributed by atoms with Gasteiger partial charge in [0.25, 0.3) is 5.91 Å². The first kappa shape index (κ1) is 17.1. The summed E-state index contributed by atoms with van der Waals surface area (Å²) in [5.41, 5.74) is 0.618. The molecule has 1 amide bonds. The minimum Gasteiger partial charge on any atom is -0.465 e. The van der Waals surface area contributed by atoms with Gasteiger partial charge in [0.2, 0.25) is 0 Å². The standard InChI is InChI=1S/C19H23ClN2O2/c1-14-5-10-18(24-14)17(22-11-3-2-4-12-22)13-21-19(23)15-6-8-16(20)9-7-15/h5-10,17H,2-4,11-13H2,1H3,(H,21,23)/t17-/m0/s1. The molecule has 1 fully saturated rings. The predicted molar refractivity (Wildman–Crippen MR) is 95.4 cm³/mol. The molecule has 0 saturated carbocycles. The molecule has 1 saturated heterocycles. The number of nitrogens with one attached hydrogen (secondary N) is 1. The van der Waals surface area contributed by atoms with E-state index in [1.807, 2.05) is 19.1 Å². The molecule has 2 heterocycles. The second kappa shape index (κ2) is 7.86. The van der Waals surface area contributed by atoms with Gasteiger partial charge in [-0.25, -0.2) is 0 Å². The number of amides is 1. The molecule has 1 aromatic heterocycles. The molecule has 0 bridgehead atoms. The molecule has 4 nitrogen and oxygen atoms in total. The maximum atomic E-state index is 12.4. The van der Waals surface area contributed by atoms with Crippen LogP contribution < -0.4 is 5.32 Å². The van der Waals surface area contributed by atoms with Crippen LogP contribution in [-0.4, -0.2) is 30.4 Å². The molecule has 2 aromatic rings. The van der Waals surface area contributed by atoms with E-state index < -0.39 is 0 Å². The largest absolute Gasteiger partial charge is 0.465 e. The average Bonchev–Trinajstić information content (AvgIpc) is 3.02. The summed E-state index contributed by atoms with van der Waals surface area (Å²) in [6.07, 6.45) is 3.67. The van der Waals surface area contributed by atoms with Gasteiger partial charge in [-0.15, -0.1) is 0 Å². The summed E-state index contributed by atoms with van der Waals surface area (Å²) >= 11 is 5.88. The Labute approximate surface area is 147 Å². The molecule has 0 aliphatic carbocycles. The van der Waals surface area contributed by atoms with Gasteiger partial charge in [0.1, 0.15) is 11.5 Å². The summed E-state index contributed by atoms with van der Waals surface area (Å²) in [6, 6.07) is 11.0. The third-order valence-electron chi connectivity index (χ3n) is 4.48. The number of hydrogen-bond acceptors (Lipinski definition) is 3. The first-order valence-electron chi connectivity index (χ1n) is 8.47. The van der Waals surface area contributed by atoms with Crippen molar-refractivity contribution >= 4 is 17.5 Å². The topological polar surface area (TPSA) is 45.5 Å². The van der Waals surface area contributed by atoms with Crippen LogP contribution >= 0.6 is 11.6 Å². The van der Waals surface area contributed by atoms with Crippen molar-refractivity contribution in [1.29, 1.82) is 0 Å². The summed E-state index contributed by atoms with van der Waals surface area (Å²) in [7, 11) is 0. The van der Waals surface area contributed by atoms with Crippen molar-refractivity contribution in [3.05, 3.63) is 58.5 Å². The molecule has 24 heavy (non-hydrogen) atoms. The molecule has 1 aliphatic heterocycles. The molecule has 1 N–H and O–H groups in total. The molecule has 128 valence electrons. The third kappa shape index (κ3) is 4.19. The van der Waals surface area contributed by atoms with Gasteiger partial charge in [0.15, 0.2) is 0 Å². The number of likely N-dealkylation sites (tertiary alicyclic amines) is 1. The molecule has 3 rings (SSSR count). The van der Waals surface area contributed by atoms with E-state index in [0.29, 0.717) is 17.1 Å². The van der Waals surface area contributed by atoms with Gasteiger partial charge in [0.05, 0.1) is 6.04 Å². The Kier molecular flexibility index (Phi) is 5.59. The van der Waals surface area contributed by atoms with E-state index in [4.69, 9.17) is 16.0 Å². The zero-order valence-electron chi connectivity index (χ0n) is 13.9. The Morgan fingerprint density at radius 2 is 1.88 bits per heavy atom. The molecule has 0 unspecified atom stereocenters. The van der Waals surface area contributed by atoms with Crippen LogP contribution in [0.2, 0.25) is 5.02 Å². The number of hydrogen-bond donors (Lipinski definition) is 1. The molecule has 0 radical (unpaired) electrons.